The molecular formula is C37H32F2N2O4. The van der Waals surface area contributed by atoms with E-state index in [2.05, 4.69) is 0 Å². The van der Waals surface area contributed by atoms with Crippen LogP contribution in [-0.4, -0.2) is 11.9 Å². The summed E-state index contributed by atoms with van der Waals surface area (Å²) in [6.45, 7) is 0. The summed E-state index contributed by atoms with van der Waals surface area (Å²) in [5, 5.41) is 17.6. The molecule has 0 aliphatic heterocycles. The van der Waals surface area contributed by atoms with Crippen LogP contribution in [0.5, 0.6) is 11.5 Å². The fourth-order valence-corrected chi connectivity index (χ4v) is 4.79. The molecule has 0 atom stereocenters. The van der Waals surface area contributed by atoms with E-state index < -0.39 is 23.6 Å². The minimum atomic E-state index is -0.754. The van der Waals surface area contributed by atoms with Crippen molar-refractivity contribution in [1.82, 2.24) is 0 Å². The molecule has 0 fully saturated rings. The van der Waals surface area contributed by atoms with Crippen molar-refractivity contribution in [2.75, 3.05) is 0 Å². The van der Waals surface area contributed by atoms with Gasteiger partial charge in [0.15, 0.2) is 0 Å². The second-order valence-corrected chi connectivity index (χ2v) is 10.7. The summed E-state index contributed by atoms with van der Waals surface area (Å²) < 4.78 is 38.2. The Morgan fingerprint density at radius 3 is 1.22 bits per heavy atom. The molecule has 0 saturated carbocycles. The van der Waals surface area contributed by atoms with Gasteiger partial charge in [-0.3, -0.25) is 0 Å². The first-order valence-electron chi connectivity index (χ1n) is 14.9. The molecule has 45 heavy (non-hydrogen) atoms. The minimum absolute atomic E-state index is 0.0482. The van der Waals surface area contributed by atoms with E-state index in [1.54, 1.807) is 36.4 Å². The van der Waals surface area contributed by atoms with Gasteiger partial charge in [0.2, 0.25) is 0 Å². The number of unbranched alkanes of at least 4 members (excludes halogenated alkanes) is 6. The van der Waals surface area contributed by atoms with Crippen molar-refractivity contribution in [1.29, 1.82) is 10.5 Å². The van der Waals surface area contributed by atoms with Gasteiger partial charge >= 0.3 is 11.9 Å². The normalized spacial score (nSPS) is 10.5. The summed E-state index contributed by atoms with van der Waals surface area (Å²) in [6.07, 6.45) is 9.79. The van der Waals surface area contributed by atoms with Crippen LogP contribution in [-0.2, 0) is 12.8 Å². The molecule has 0 aliphatic carbocycles. The number of benzene rings is 4. The molecule has 0 aromatic heterocycles. The van der Waals surface area contributed by atoms with Crippen LogP contribution in [0, 0.1) is 34.3 Å². The van der Waals surface area contributed by atoms with Crippen molar-refractivity contribution in [2.45, 2.75) is 57.8 Å². The number of hydrogen-bond donors (Lipinski definition) is 0. The Kier molecular flexibility index (Phi) is 11.9. The molecule has 0 unspecified atom stereocenters. The highest BCUT2D eigenvalue weighted by Gasteiger charge is 2.13. The predicted octanol–water partition coefficient (Wildman–Crippen LogP) is 8.66. The van der Waals surface area contributed by atoms with Crippen molar-refractivity contribution in [3.05, 3.63) is 130 Å². The minimum Gasteiger partial charge on any atom is -0.423 e. The number of halogens is 2. The van der Waals surface area contributed by atoms with Gasteiger partial charge in [0.25, 0.3) is 0 Å². The number of rotatable bonds is 14. The number of nitriles is 2. The molecule has 0 saturated heterocycles. The van der Waals surface area contributed by atoms with E-state index in [0.29, 0.717) is 11.5 Å². The number of esters is 2. The van der Waals surface area contributed by atoms with Gasteiger partial charge in [-0.25, -0.2) is 18.4 Å². The Morgan fingerprint density at radius 2 is 0.889 bits per heavy atom. The Hall–Kier alpha value is -5.34. The average Bonchev–Trinajstić information content (AvgIpc) is 3.05. The van der Waals surface area contributed by atoms with Crippen LogP contribution < -0.4 is 9.47 Å². The fourth-order valence-electron chi connectivity index (χ4n) is 4.79. The number of ether oxygens (including phenoxy) is 2. The lowest BCUT2D eigenvalue weighted by molar-refractivity contribution is 0.0724. The third-order valence-corrected chi connectivity index (χ3v) is 7.35. The van der Waals surface area contributed by atoms with Crippen LogP contribution in [0.15, 0.2) is 84.9 Å². The highest BCUT2D eigenvalue weighted by atomic mass is 19.1. The van der Waals surface area contributed by atoms with Gasteiger partial charge < -0.3 is 9.47 Å². The van der Waals surface area contributed by atoms with Crippen molar-refractivity contribution in [3.63, 3.8) is 0 Å². The third kappa shape index (κ3) is 9.84. The summed E-state index contributed by atoms with van der Waals surface area (Å²) in [4.78, 5) is 24.5. The number of nitrogens with zero attached hydrogens (tertiary/aromatic N) is 2. The van der Waals surface area contributed by atoms with Crippen LogP contribution in [0.2, 0.25) is 0 Å². The molecule has 6 nitrogen and oxygen atoms in total. The quantitative estimate of drug-likeness (QED) is 0.0809. The monoisotopic (exact) mass is 606 g/mol. The van der Waals surface area contributed by atoms with E-state index in [0.717, 1.165) is 61.8 Å². The molecule has 0 spiro atoms. The molecule has 0 bridgehead atoms. The predicted molar refractivity (Wildman–Crippen MR) is 165 cm³/mol. The maximum absolute atomic E-state index is 13.8. The van der Waals surface area contributed by atoms with E-state index in [1.807, 2.05) is 24.3 Å². The van der Waals surface area contributed by atoms with Gasteiger partial charge in [-0.2, -0.15) is 10.5 Å². The Balaban J connectivity index is 1.05. The van der Waals surface area contributed by atoms with E-state index >= 15 is 0 Å². The van der Waals surface area contributed by atoms with Crippen molar-refractivity contribution >= 4 is 11.9 Å². The summed E-state index contributed by atoms with van der Waals surface area (Å²) in [5.41, 5.74) is 2.16. The van der Waals surface area contributed by atoms with Gasteiger partial charge in [-0.15, -0.1) is 0 Å². The Bertz CT molecular complexity index is 1580. The lowest BCUT2D eigenvalue weighted by Crippen LogP contribution is -2.09. The zero-order valence-electron chi connectivity index (χ0n) is 24.7. The molecular weight excluding hydrogens is 574 g/mol. The van der Waals surface area contributed by atoms with E-state index in [4.69, 9.17) is 20.0 Å². The summed E-state index contributed by atoms with van der Waals surface area (Å²) in [6, 6.07) is 25.3. The SMILES string of the molecule is N#Cc1ccc(C(=O)Oc2ccc(CCCCCCCCCc3ccc(OC(=O)c4ccc(C#N)c(F)c4)cc3)cc2)cc1F. The second-order valence-electron chi connectivity index (χ2n) is 10.7. The van der Waals surface area contributed by atoms with Crippen molar-refractivity contribution in [2.24, 2.45) is 0 Å². The molecule has 0 amide bonds. The van der Waals surface area contributed by atoms with Crippen molar-refractivity contribution in [3.8, 4) is 23.6 Å². The van der Waals surface area contributed by atoms with E-state index in [9.17, 15) is 18.4 Å². The van der Waals surface area contributed by atoms with E-state index in [1.165, 1.54) is 43.5 Å². The van der Waals surface area contributed by atoms with Crippen LogP contribution in [0.1, 0.15) is 87.9 Å². The molecule has 0 radical (unpaired) electrons. The van der Waals surface area contributed by atoms with Crippen LogP contribution in [0.3, 0.4) is 0 Å². The fraction of sp³-hybridized carbons (Fsp3) is 0.243. The lowest BCUT2D eigenvalue weighted by atomic mass is 10.0. The number of hydrogen-bond acceptors (Lipinski definition) is 6. The molecule has 0 heterocycles. The zero-order valence-corrected chi connectivity index (χ0v) is 24.7. The standard InChI is InChI=1S/C37H32F2N2O4/c38-34-22-28(14-16-30(34)24-40)36(42)44-32-18-10-26(11-19-32)8-6-4-2-1-3-5-7-9-27-12-20-33(21-13-27)45-37(43)29-15-17-31(25-41)35(39)23-29/h10-23H,1-9H2. The molecule has 4 aromatic carbocycles. The maximum Gasteiger partial charge on any atom is 0.343 e. The highest BCUT2D eigenvalue weighted by Crippen LogP contribution is 2.20. The molecule has 8 heteroatoms. The second kappa shape index (κ2) is 16.5. The molecule has 0 N–H and O–H groups in total. The first kappa shape index (κ1) is 32.6. The van der Waals surface area contributed by atoms with Gasteiger partial charge in [-0.1, -0.05) is 56.4 Å². The Labute approximate surface area is 261 Å². The van der Waals surface area contributed by atoms with Gasteiger partial charge in [0.05, 0.1) is 22.3 Å². The third-order valence-electron chi connectivity index (χ3n) is 7.35. The first-order chi connectivity index (χ1) is 21.9. The van der Waals surface area contributed by atoms with Crippen LogP contribution >= 0.6 is 0 Å². The smallest absolute Gasteiger partial charge is 0.343 e. The topological polar surface area (TPSA) is 100 Å². The van der Waals surface area contributed by atoms with Crippen LogP contribution in [0.4, 0.5) is 8.78 Å². The number of carbonyl (C=O) groups is 2. The molecule has 0 aliphatic rings. The van der Waals surface area contributed by atoms with Gasteiger partial charge in [0, 0.05) is 0 Å². The average molecular weight is 607 g/mol. The highest BCUT2D eigenvalue weighted by molar-refractivity contribution is 5.91. The van der Waals surface area contributed by atoms with Gasteiger partial charge in [0.1, 0.15) is 35.3 Å². The van der Waals surface area contributed by atoms with E-state index in [-0.39, 0.29) is 22.3 Å². The molecule has 4 rings (SSSR count). The summed E-state index contributed by atoms with van der Waals surface area (Å²) in [7, 11) is 0. The largest absolute Gasteiger partial charge is 0.423 e. The molecule has 228 valence electrons. The lowest BCUT2D eigenvalue weighted by Gasteiger charge is -2.07. The summed E-state index contributed by atoms with van der Waals surface area (Å²) >= 11 is 0. The number of carbonyl (C=O) groups excluding carboxylic acids is 2. The zero-order chi connectivity index (χ0) is 32.0. The molecule has 4 aromatic rings. The maximum atomic E-state index is 13.8. The Morgan fingerprint density at radius 1 is 0.533 bits per heavy atom. The number of aryl methyl sites for hydroxylation is 2. The van der Waals surface area contributed by atoms with Crippen molar-refractivity contribution < 1.29 is 27.8 Å². The first-order valence-corrected chi connectivity index (χ1v) is 14.9. The van der Waals surface area contributed by atoms with Gasteiger partial charge in [-0.05, 0) is 97.5 Å². The van der Waals surface area contributed by atoms with Crippen LogP contribution in [0.25, 0.3) is 0 Å². The summed E-state index contributed by atoms with van der Waals surface area (Å²) in [5.74, 6) is -2.10.